The molecule has 0 bridgehead atoms. The fraction of sp³-hybridized carbons (Fsp3) is 0.300. The van der Waals surface area contributed by atoms with Gasteiger partial charge < -0.3 is 4.52 Å². The zero-order chi connectivity index (χ0) is 18.9. The zero-order valence-corrected chi connectivity index (χ0v) is 15.9. The number of aromatic nitrogens is 2. The van der Waals surface area contributed by atoms with E-state index in [0.29, 0.717) is 29.7 Å². The van der Waals surface area contributed by atoms with Crippen molar-refractivity contribution in [2.24, 2.45) is 0 Å². The Bertz CT molecular complexity index is 1010. The van der Waals surface area contributed by atoms with E-state index in [0.717, 1.165) is 24.0 Å². The van der Waals surface area contributed by atoms with Gasteiger partial charge in [0.05, 0.1) is 10.8 Å². The lowest BCUT2D eigenvalue weighted by Crippen LogP contribution is -2.39. The van der Waals surface area contributed by atoms with Gasteiger partial charge in [-0.05, 0) is 31.9 Å². The molecule has 27 heavy (non-hydrogen) atoms. The van der Waals surface area contributed by atoms with Crippen molar-refractivity contribution >= 4 is 10.0 Å². The summed E-state index contributed by atoms with van der Waals surface area (Å²) in [7, 11) is -3.51. The molecule has 2 aromatic carbocycles. The Labute approximate surface area is 158 Å². The predicted molar refractivity (Wildman–Crippen MR) is 102 cm³/mol. The number of benzene rings is 2. The third kappa shape index (κ3) is 3.65. The summed E-state index contributed by atoms with van der Waals surface area (Å²) in [5.74, 6) is 0.940. The standard InChI is InChI=1S/C20H21N3O3S/c1-15-9-11-16(12-10-15)19-21-20(26-22-19)17-6-5-13-23(14-17)27(24,25)18-7-3-2-4-8-18/h2-4,7-12,17H,5-6,13-14H2,1H3/t17-/m1/s1. The van der Waals surface area contributed by atoms with Gasteiger partial charge in [0.1, 0.15) is 0 Å². The van der Waals surface area contributed by atoms with Crippen LogP contribution in [0.3, 0.4) is 0 Å². The first kappa shape index (κ1) is 17.9. The van der Waals surface area contributed by atoms with Gasteiger partial charge in [-0.3, -0.25) is 0 Å². The van der Waals surface area contributed by atoms with E-state index in [1.165, 1.54) is 4.31 Å². The normalized spacial score (nSPS) is 18.5. The highest BCUT2D eigenvalue weighted by atomic mass is 32.2. The molecule has 1 saturated heterocycles. The molecule has 0 N–H and O–H groups in total. The first-order valence-electron chi connectivity index (χ1n) is 9.00. The molecule has 6 nitrogen and oxygen atoms in total. The second kappa shape index (κ2) is 7.25. The molecule has 7 heteroatoms. The quantitative estimate of drug-likeness (QED) is 0.688. The summed E-state index contributed by atoms with van der Waals surface area (Å²) in [5, 5.41) is 4.08. The number of hydrogen-bond acceptors (Lipinski definition) is 5. The number of rotatable bonds is 4. The van der Waals surface area contributed by atoms with Crippen molar-refractivity contribution in [3.63, 3.8) is 0 Å². The van der Waals surface area contributed by atoms with E-state index >= 15 is 0 Å². The smallest absolute Gasteiger partial charge is 0.243 e. The van der Waals surface area contributed by atoms with Crippen LogP contribution >= 0.6 is 0 Å². The van der Waals surface area contributed by atoms with E-state index < -0.39 is 10.0 Å². The minimum Gasteiger partial charge on any atom is -0.339 e. The maximum absolute atomic E-state index is 12.9. The van der Waals surface area contributed by atoms with Crippen molar-refractivity contribution < 1.29 is 12.9 Å². The lowest BCUT2D eigenvalue weighted by atomic mass is 10.00. The molecular weight excluding hydrogens is 362 g/mol. The average Bonchev–Trinajstić information content (AvgIpc) is 3.20. The molecule has 0 aliphatic carbocycles. The number of sulfonamides is 1. The Balaban J connectivity index is 1.55. The van der Waals surface area contributed by atoms with Crippen LogP contribution in [0.5, 0.6) is 0 Å². The molecule has 0 radical (unpaired) electrons. The lowest BCUT2D eigenvalue weighted by Gasteiger charge is -2.30. The number of piperidine rings is 1. The van der Waals surface area contributed by atoms with Crippen LogP contribution in [0.1, 0.15) is 30.2 Å². The fourth-order valence-corrected chi connectivity index (χ4v) is 4.87. The van der Waals surface area contributed by atoms with Crippen LogP contribution in [0.4, 0.5) is 0 Å². The molecule has 3 aromatic rings. The second-order valence-corrected chi connectivity index (χ2v) is 8.78. The van der Waals surface area contributed by atoms with Crippen LogP contribution < -0.4 is 0 Å². The minimum atomic E-state index is -3.51. The molecule has 0 saturated carbocycles. The van der Waals surface area contributed by atoms with Crippen LogP contribution in [0.2, 0.25) is 0 Å². The van der Waals surface area contributed by atoms with Crippen molar-refractivity contribution in [2.75, 3.05) is 13.1 Å². The van der Waals surface area contributed by atoms with E-state index in [1.54, 1.807) is 24.3 Å². The van der Waals surface area contributed by atoms with Gasteiger partial charge in [0.25, 0.3) is 0 Å². The van der Waals surface area contributed by atoms with Crippen LogP contribution in [0.15, 0.2) is 64.0 Å². The molecule has 1 fully saturated rings. The van der Waals surface area contributed by atoms with Crippen molar-refractivity contribution in [3.8, 4) is 11.4 Å². The third-order valence-corrected chi connectivity index (χ3v) is 6.75. The van der Waals surface area contributed by atoms with E-state index in [9.17, 15) is 8.42 Å². The molecule has 2 heterocycles. The number of aryl methyl sites for hydroxylation is 1. The van der Waals surface area contributed by atoms with Crippen LogP contribution in [-0.4, -0.2) is 36.0 Å². The zero-order valence-electron chi connectivity index (χ0n) is 15.1. The summed E-state index contributed by atoms with van der Waals surface area (Å²) >= 11 is 0. The third-order valence-electron chi connectivity index (χ3n) is 4.87. The van der Waals surface area contributed by atoms with Crippen LogP contribution in [0, 0.1) is 6.92 Å². The van der Waals surface area contributed by atoms with Gasteiger partial charge in [-0.2, -0.15) is 9.29 Å². The highest BCUT2D eigenvalue weighted by molar-refractivity contribution is 7.89. The molecule has 4 rings (SSSR count). The molecule has 140 valence electrons. The molecular formula is C20H21N3O3S. The second-order valence-electron chi connectivity index (χ2n) is 6.84. The SMILES string of the molecule is Cc1ccc(-c2noc([C@@H]3CCCN(S(=O)(=O)c4ccccc4)C3)n2)cc1. The van der Waals surface area contributed by atoms with Crippen LogP contribution in [-0.2, 0) is 10.0 Å². The Morgan fingerprint density at radius 1 is 1.07 bits per heavy atom. The fourth-order valence-electron chi connectivity index (χ4n) is 3.32. The van der Waals surface area contributed by atoms with Gasteiger partial charge in [-0.25, -0.2) is 8.42 Å². The molecule has 1 aromatic heterocycles. The summed E-state index contributed by atoms with van der Waals surface area (Å²) in [6.07, 6.45) is 1.59. The average molecular weight is 383 g/mol. The van der Waals surface area contributed by atoms with Gasteiger partial charge in [-0.1, -0.05) is 53.2 Å². The summed E-state index contributed by atoms with van der Waals surface area (Å²) in [5.41, 5.74) is 2.05. The van der Waals surface area contributed by atoms with Crippen molar-refractivity contribution in [3.05, 3.63) is 66.1 Å². The van der Waals surface area contributed by atoms with E-state index in [1.807, 2.05) is 37.3 Å². The number of nitrogens with zero attached hydrogens (tertiary/aromatic N) is 3. The monoisotopic (exact) mass is 383 g/mol. The van der Waals surface area contributed by atoms with Gasteiger partial charge in [0.15, 0.2) is 0 Å². The first-order chi connectivity index (χ1) is 13.0. The topological polar surface area (TPSA) is 76.3 Å². The summed E-state index contributed by atoms with van der Waals surface area (Å²) in [6, 6.07) is 16.4. The first-order valence-corrected chi connectivity index (χ1v) is 10.4. The summed E-state index contributed by atoms with van der Waals surface area (Å²) in [4.78, 5) is 4.84. The lowest BCUT2D eigenvalue weighted by molar-refractivity contribution is 0.265. The predicted octanol–water partition coefficient (Wildman–Crippen LogP) is 3.61. The highest BCUT2D eigenvalue weighted by Gasteiger charge is 2.33. The summed E-state index contributed by atoms with van der Waals surface area (Å²) in [6.45, 7) is 2.88. The summed E-state index contributed by atoms with van der Waals surface area (Å²) < 4.78 is 32.8. The maximum atomic E-state index is 12.9. The van der Waals surface area contributed by atoms with Crippen molar-refractivity contribution in [1.29, 1.82) is 0 Å². The van der Waals surface area contributed by atoms with Gasteiger partial charge >= 0.3 is 0 Å². The molecule has 0 amide bonds. The molecule has 0 spiro atoms. The largest absolute Gasteiger partial charge is 0.339 e. The Hall–Kier alpha value is -2.51. The molecule has 0 unspecified atom stereocenters. The minimum absolute atomic E-state index is 0.0936. The van der Waals surface area contributed by atoms with Gasteiger partial charge in [-0.15, -0.1) is 0 Å². The number of hydrogen-bond donors (Lipinski definition) is 0. The van der Waals surface area contributed by atoms with Crippen LogP contribution in [0.25, 0.3) is 11.4 Å². The Morgan fingerprint density at radius 3 is 2.56 bits per heavy atom. The van der Waals surface area contributed by atoms with Crippen molar-refractivity contribution in [1.82, 2.24) is 14.4 Å². The van der Waals surface area contributed by atoms with E-state index in [-0.39, 0.29) is 5.92 Å². The van der Waals surface area contributed by atoms with Crippen molar-refractivity contribution in [2.45, 2.75) is 30.6 Å². The molecule has 1 atom stereocenters. The Morgan fingerprint density at radius 2 is 1.81 bits per heavy atom. The van der Waals surface area contributed by atoms with Gasteiger partial charge in [0, 0.05) is 18.7 Å². The highest BCUT2D eigenvalue weighted by Crippen LogP contribution is 2.30. The van der Waals surface area contributed by atoms with Gasteiger partial charge in [0.2, 0.25) is 21.7 Å². The molecule has 1 aliphatic heterocycles. The maximum Gasteiger partial charge on any atom is 0.243 e. The molecule has 1 aliphatic rings. The van der Waals surface area contributed by atoms with E-state index in [2.05, 4.69) is 10.1 Å². The van der Waals surface area contributed by atoms with E-state index in [4.69, 9.17) is 4.52 Å². The Kier molecular flexibility index (Phi) is 4.80.